The Labute approximate surface area is 174 Å². The summed E-state index contributed by atoms with van der Waals surface area (Å²) in [6.07, 6.45) is 6.76. The van der Waals surface area contributed by atoms with Gasteiger partial charge in [0.15, 0.2) is 0 Å². The van der Waals surface area contributed by atoms with Crippen LogP contribution in [0.4, 0.5) is 17.5 Å². The summed E-state index contributed by atoms with van der Waals surface area (Å²) >= 11 is 0. The molecule has 2 unspecified atom stereocenters. The third-order valence-corrected chi connectivity index (χ3v) is 5.86. The fraction of sp³-hybridized carbons (Fsp3) is 0.364. The second-order valence-electron chi connectivity index (χ2n) is 7.96. The van der Waals surface area contributed by atoms with Gasteiger partial charge in [0.05, 0.1) is 11.2 Å². The van der Waals surface area contributed by atoms with Crippen molar-refractivity contribution in [1.29, 1.82) is 0 Å². The minimum Gasteiger partial charge on any atom is -0.351 e. The lowest BCUT2D eigenvalue weighted by atomic mass is 9.91. The standard InChI is InChI=1S/C22H25N7O/c23-15-5-1-2-6-17(15)27-22-28-18-9-11-25-21(30)19(18)20(29-22)26-14-7-8-16-13(12-14)4-3-10-24-16/h3-4,7-8,10,12,15,17H,1-2,5-6,9,11,23H2,(H,25,30)(H2,26,27,28,29). The zero-order chi connectivity index (χ0) is 20.5. The average Bonchev–Trinajstić information content (AvgIpc) is 2.75. The Morgan fingerprint density at radius 2 is 2.03 bits per heavy atom. The molecule has 1 aliphatic carbocycles. The number of nitrogens with two attached hydrogens (primary N) is 1. The Hall–Kier alpha value is -3.26. The molecule has 1 fully saturated rings. The minimum atomic E-state index is -0.151. The molecule has 2 aromatic heterocycles. The summed E-state index contributed by atoms with van der Waals surface area (Å²) in [5.74, 6) is 0.880. The molecule has 5 N–H and O–H groups in total. The van der Waals surface area contributed by atoms with E-state index in [1.807, 2.05) is 30.3 Å². The maximum absolute atomic E-state index is 12.6. The lowest BCUT2D eigenvalue weighted by molar-refractivity contribution is 0.0945. The van der Waals surface area contributed by atoms with Crippen molar-refractivity contribution in [2.24, 2.45) is 5.73 Å². The number of nitrogens with one attached hydrogen (secondary N) is 3. The van der Waals surface area contributed by atoms with Crippen molar-refractivity contribution in [3.63, 3.8) is 0 Å². The number of fused-ring (bicyclic) bond motifs is 2. The number of pyridine rings is 1. The summed E-state index contributed by atoms with van der Waals surface area (Å²) in [6.45, 7) is 0.576. The normalized spacial score (nSPS) is 21.0. The van der Waals surface area contributed by atoms with Crippen LogP contribution >= 0.6 is 0 Å². The van der Waals surface area contributed by atoms with Gasteiger partial charge in [-0.25, -0.2) is 4.98 Å². The van der Waals surface area contributed by atoms with Crippen molar-refractivity contribution in [3.05, 3.63) is 47.8 Å². The highest BCUT2D eigenvalue weighted by atomic mass is 16.1. The van der Waals surface area contributed by atoms with E-state index in [-0.39, 0.29) is 18.0 Å². The summed E-state index contributed by atoms with van der Waals surface area (Å²) in [7, 11) is 0. The van der Waals surface area contributed by atoms with Gasteiger partial charge >= 0.3 is 0 Å². The molecule has 0 radical (unpaired) electrons. The van der Waals surface area contributed by atoms with E-state index in [9.17, 15) is 4.79 Å². The van der Waals surface area contributed by atoms with Gasteiger partial charge in [0.1, 0.15) is 11.4 Å². The predicted octanol–water partition coefficient (Wildman–Crippen LogP) is 2.74. The van der Waals surface area contributed by atoms with Gasteiger partial charge in [-0.2, -0.15) is 4.98 Å². The molecular weight excluding hydrogens is 378 g/mol. The number of nitrogens with zero attached hydrogens (tertiary/aromatic N) is 3. The van der Waals surface area contributed by atoms with Crippen LogP contribution in [0.1, 0.15) is 41.7 Å². The van der Waals surface area contributed by atoms with E-state index in [0.29, 0.717) is 30.3 Å². The molecule has 0 spiro atoms. The van der Waals surface area contributed by atoms with Crippen LogP contribution in [-0.4, -0.2) is 39.5 Å². The van der Waals surface area contributed by atoms with Crippen molar-refractivity contribution in [2.45, 2.75) is 44.2 Å². The Kier molecular flexibility index (Phi) is 4.92. The third-order valence-electron chi connectivity index (χ3n) is 5.86. The van der Waals surface area contributed by atoms with Gasteiger partial charge in [-0.3, -0.25) is 9.78 Å². The first-order valence-electron chi connectivity index (χ1n) is 10.5. The highest BCUT2D eigenvalue weighted by Crippen LogP contribution is 2.28. The maximum atomic E-state index is 12.6. The minimum absolute atomic E-state index is 0.0890. The van der Waals surface area contributed by atoms with Crippen molar-refractivity contribution in [2.75, 3.05) is 17.2 Å². The summed E-state index contributed by atoms with van der Waals surface area (Å²) in [5.41, 5.74) is 9.32. The van der Waals surface area contributed by atoms with E-state index in [4.69, 9.17) is 5.73 Å². The van der Waals surface area contributed by atoms with E-state index in [1.54, 1.807) is 6.20 Å². The van der Waals surface area contributed by atoms with E-state index < -0.39 is 0 Å². The first-order valence-corrected chi connectivity index (χ1v) is 10.5. The smallest absolute Gasteiger partial charge is 0.256 e. The summed E-state index contributed by atoms with van der Waals surface area (Å²) in [4.78, 5) is 26.3. The van der Waals surface area contributed by atoms with E-state index in [1.165, 1.54) is 0 Å². The molecule has 0 saturated heterocycles. The fourth-order valence-electron chi connectivity index (χ4n) is 4.26. The second kappa shape index (κ2) is 7.87. The molecule has 3 aromatic rings. The van der Waals surface area contributed by atoms with Crippen molar-refractivity contribution >= 4 is 34.3 Å². The zero-order valence-corrected chi connectivity index (χ0v) is 16.7. The lowest BCUT2D eigenvalue weighted by Gasteiger charge is -2.30. The monoisotopic (exact) mass is 403 g/mol. The topological polar surface area (TPSA) is 118 Å². The van der Waals surface area contributed by atoms with Crippen LogP contribution in [0, 0.1) is 0 Å². The van der Waals surface area contributed by atoms with Gasteiger partial charge in [0.2, 0.25) is 5.95 Å². The molecule has 1 amide bonds. The summed E-state index contributed by atoms with van der Waals surface area (Å²) < 4.78 is 0. The molecular formula is C22H25N7O. The average molecular weight is 403 g/mol. The van der Waals surface area contributed by atoms with Crippen LogP contribution in [-0.2, 0) is 6.42 Å². The molecule has 154 valence electrons. The first-order chi connectivity index (χ1) is 14.7. The maximum Gasteiger partial charge on any atom is 0.256 e. The number of carbonyl (C=O) groups excluding carboxylic acids is 1. The van der Waals surface area contributed by atoms with Crippen LogP contribution in [0.2, 0.25) is 0 Å². The number of benzene rings is 1. The van der Waals surface area contributed by atoms with Gasteiger partial charge in [0.25, 0.3) is 5.91 Å². The fourth-order valence-corrected chi connectivity index (χ4v) is 4.26. The van der Waals surface area contributed by atoms with Gasteiger partial charge < -0.3 is 21.7 Å². The van der Waals surface area contributed by atoms with Crippen molar-refractivity contribution in [1.82, 2.24) is 20.3 Å². The molecule has 8 nitrogen and oxygen atoms in total. The van der Waals surface area contributed by atoms with Crippen LogP contribution in [0.5, 0.6) is 0 Å². The number of amides is 1. The Bertz CT molecular complexity index is 1100. The van der Waals surface area contributed by atoms with E-state index >= 15 is 0 Å². The highest BCUT2D eigenvalue weighted by Gasteiger charge is 2.27. The Morgan fingerprint density at radius 3 is 2.93 bits per heavy atom. The van der Waals surface area contributed by atoms with Gasteiger partial charge in [-0.1, -0.05) is 18.9 Å². The predicted molar refractivity (Wildman–Crippen MR) is 117 cm³/mol. The van der Waals surface area contributed by atoms with Gasteiger partial charge in [-0.05, 0) is 37.1 Å². The SMILES string of the molecule is NC1CCCCC1Nc1nc2c(c(Nc3ccc4ncccc4c3)n1)C(=O)NCC2. The zero-order valence-electron chi connectivity index (χ0n) is 16.7. The number of hydrogen-bond acceptors (Lipinski definition) is 7. The molecule has 3 heterocycles. The number of carbonyl (C=O) groups is 1. The van der Waals surface area contributed by atoms with Crippen LogP contribution in [0.25, 0.3) is 10.9 Å². The number of anilines is 3. The molecule has 1 aliphatic heterocycles. The summed E-state index contributed by atoms with van der Waals surface area (Å²) in [5, 5.41) is 10.7. The largest absolute Gasteiger partial charge is 0.351 e. The van der Waals surface area contributed by atoms with E-state index in [0.717, 1.165) is 48.0 Å². The van der Waals surface area contributed by atoms with Crippen LogP contribution in [0.15, 0.2) is 36.5 Å². The van der Waals surface area contributed by atoms with Gasteiger partial charge in [-0.15, -0.1) is 0 Å². The molecule has 1 saturated carbocycles. The molecule has 30 heavy (non-hydrogen) atoms. The number of aromatic nitrogens is 3. The second-order valence-corrected chi connectivity index (χ2v) is 7.96. The Morgan fingerprint density at radius 1 is 1.13 bits per heavy atom. The number of hydrogen-bond donors (Lipinski definition) is 4. The molecule has 0 bridgehead atoms. The van der Waals surface area contributed by atoms with E-state index in [2.05, 4.69) is 30.9 Å². The lowest BCUT2D eigenvalue weighted by Crippen LogP contribution is -2.43. The quantitative estimate of drug-likeness (QED) is 0.529. The molecule has 5 rings (SSSR count). The van der Waals surface area contributed by atoms with Crippen LogP contribution in [0.3, 0.4) is 0 Å². The van der Waals surface area contributed by atoms with Gasteiger partial charge in [0, 0.05) is 42.3 Å². The molecule has 8 heteroatoms. The van der Waals surface area contributed by atoms with Crippen molar-refractivity contribution < 1.29 is 4.79 Å². The first kappa shape index (κ1) is 18.7. The molecule has 2 atom stereocenters. The molecule has 1 aromatic carbocycles. The molecule has 2 aliphatic rings. The highest BCUT2D eigenvalue weighted by molar-refractivity contribution is 6.01. The summed E-state index contributed by atoms with van der Waals surface area (Å²) in [6, 6.07) is 10.0. The Balaban J connectivity index is 1.50. The third kappa shape index (κ3) is 3.66. The number of rotatable bonds is 4. The van der Waals surface area contributed by atoms with Crippen LogP contribution < -0.4 is 21.7 Å². The van der Waals surface area contributed by atoms with Crippen molar-refractivity contribution in [3.8, 4) is 0 Å².